The molecule has 2 N–H and O–H groups in total. The molecule has 0 aromatic carbocycles. The van der Waals surface area contributed by atoms with Crippen molar-refractivity contribution in [3.8, 4) is 0 Å². The maximum Gasteiger partial charge on any atom is 0.307 e. The molecule has 0 aliphatic rings. The Balaban J connectivity index is 3.30. The van der Waals surface area contributed by atoms with E-state index in [0.29, 0.717) is 19.8 Å². The lowest BCUT2D eigenvalue weighted by molar-refractivity contribution is -0.145. The van der Waals surface area contributed by atoms with Gasteiger partial charge in [-0.1, -0.05) is 13.3 Å². The number of hydrogen-bond donors (Lipinski definition) is 1. The predicted molar refractivity (Wildman–Crippen MR) is 61.2 cm³/mol. The van der Waals surface area contributed by atoms with Crippen molar-refractivity contribution in [2.75, 3.05) is 33.5 Å². The van der Waals surface area contributed by atoms with E-state index in [9.17, 15) is 4.79 Å². The Hall–Kier alpha value is -0.650. The van der Waals surface area contributed by atoms with Gasteiger partial charge in [0, 0.05) is 13.2 Å². The van der Waals surface area contributed by atoms with Gasteiger partial charge in [0.1, 0.15) is 6.61 Å². The first-order valence-corrected chi connectivity index (χ1v) is 5.68. The molecule has 0 heterocycles. The van der Waals surface area contributed by atoms with Gasteiger partial charge in [0.25, 0.3) is 0 Å². The number of methoxy groups -OCH3 is 1. The first-order chi connectivity index (χ1) is 7.70. The van der Waals surface area contributed by atoms with E-state index in [4.69, 9.17) is 19.9 Å². The molecule has 0 bridgehead atoms. The fourth-order valence-corrected chi connectivity index (χ4v) is 1.20. The lowest BCUT2D eigenvalue weighted by atomic mass is 10.1. The van der Waals surface area contributed by atoms with Gasteiger partial charge in [0.05, 0.1) is 26.2 Å². The summed E-state index contributed by atoms with van der Waals surface area (Å²) in [6, 6.07) is -0.0908. The molecule has 0 aliphatic carbocycles. The van der Waals surface area contributed by atoms with E-state index in [-0.39, 0.29) is 25.0 Å². The monoisotopic (exact) mass is 233 g/mol. The minimum atomic E-state index is -0.253. The summed E-state index contributed by atoms with van der Waals surface area (Å²) in [5.41, 5.74) is 5.71. The SMILES string of the molecule is CCCC(N)CC(=O)OCCOCCOC. The number of carbonyl (C=O) groups is 1. The molecule has 16 heavy (non-hydrogen) atoms. The van der Waals surface area contributed by atoms with Gasteiger partial charge in [-0.3, -0.25) is 4.79 Å². The molecule has 96 valence electrons. The fraction of sp³-hybridized carbons (Fsp3) is 0.909. The Kier molecular flexibility index (Phi) is 10.4. The number of carbonyl (C=O) groups excluding carboxylic acids is 1. The van der Waals surface area contributed by atoms with Gasteiger partial charge in [0.2, 0.25) is 0 Å². The van der Waals surface area contributed by atoms with Gasteiger partial charge >= 0.3 is 5.97 Å². The van der Waals surface area contributed by atoms with Crippen LogP contribution in [0.3, 0.4) is 0 Å². The van der Waals surface area contributed by atoms with Crippen LogP contribution in [0, 0.1) is 0 Å². The molecule has 0 saturated heterocycles. The molecule has 0 fully saturated rings. The molecule has 0 radical (unpaired) electrons. The average Bonchev–Trinajstić information content (AvgIpc) is 2.23. The molecule has 5 heteroatoms. The van der Waals surface area contributed by atoms with Gasteiger partial charge in [-0.05, 0) is 6.42 Å². The molecule has 1 unspecified atom stereocenters. The van der Waals surface area contributed by atoms with Crippen LogP contribution in [0.25, 0.3) is 0 Å². The lowest BCUT2D eigenvalue weighted by Crippen LogP contribution is -2.25. The Morgan fingerprint density at radius 2 is 1.94 bits per heavy atom. The first-order valence-electron chi connectivity index (χ1n) is 5.68. The highest BCUT2D eigenvalue weighted by Gasteiger charge is 2.09. The molecule has 0 aromatic heterocycles. The van der Waals surface area contributed by atoms with Crippen molar-refractivity contribution in [2.24, 2.45) is 5.73 Å². The third-order valence-electron chi connectivity index (χ3n) is 2.01. The molecule has 0 rings (SSSR count). The van der Waals surface area contributed by atoms with Crippen LogP contribution in [0.4, 0.5) is 0 Å². The maximum atomic E-state index is 11.2. The zero-order chi connectivity index (χ0) is 12.2. The van der Waals surface area contributed by atoms with E-state index >= 15 is 0 Å². The van der Waals surface area contributed by atoms with Crippen molar-refractivity contribution in [3.63, 3.8) is 0 Å². The predicted octanol–water partition coefficient (Wildman–Crippen LogP) is 0.710. The standard InChI is InChI=1S/C11H23NO4/c1-3-4-10(12)9-11(13)16-8-7-15-6-5-14-2/h10H,3-9,12H2,1-2H3. The quantitative estimate of drug-likeness (QED) is 0.444. The van der Waals surface area contributed by atoms with Crippen molar-refractivity contribution < 1.29 is 19.0 Å². The van der Waals surface area contributed by atoms with E-state index in [1.54, 1.807) is 7.11 Å². The zero-order valence-electron chi connectivity index (χ0n) is 10.2. The van der Waals surface area contributed by atoms with Crippen LogP contribution in [0.5, 0.6) is 0 Å². The van der Waals surface area contributed by atoms with Crippen molar-refractivity contribution in [1.29, 1.82) is 0 Å². The third-order valence-corrected chi connectivity index (χ3v) is 2.01. The molecule has 1 atom stereocenters. The Morgan fingerprint density at radius 3 is 2.56 bits per heavy atom. The minimum Gasteiger partial charge on any atom is -0.463 e. The highest BCUT2D eigenvalue weighted by molar-refractivity contribution is 5.70. The Morgan fingerprint density at radius 1 is 1.25 bits per heavy atom. The lowest BCUT2D eigenvalue weighted by Gasteiger charge is -2.10. The summed E-state index contributed by atoms with van der Waals surface area (Å²) >= 11 is 0. The number of hydrogen-bond acceptors (Lipinski definition) is 5. The number of rotatable bonds is 10. The second-order valence-corrected chi connectivity index (χ2v) is 3.58. The van der Waals surface area contributed by atoms with E-state index in [1.165, 1.54) is 0 Å². The molecule has 0 aromatic rings. The largest absolute Gasteiger partial charge is 0.463 e. The van der Waals surface area contributed by atoms with E-state index in [0.717, 1.165) is 12.8 Å². The van der Waals surface area contributed by atoms with Crippen LogP contribution in [0.2, 0.25) is 0 Å². The van der Waals surface area contributed by atoms with Gasteiger partial charge < -0.3 is 19.9 Å². The summed E-state index contributed by atoms with van der Waals surface area (Å²) < 4.78 is 14.9. The molecular weight excluding hydrogens is 210 g/mol. The van der Waals surface area contributed by atoms with Crippen LogP contribution in [0.1, 0.15) is 26.2 Å². The van der Waals surface area contributed by atoms with Crippen LogP contribution in [-0.4, -0.2) is 45.5 Å². The van der Waals surface area contributed by atoms with Crippen molar-refractivity contribution in [1.82, 2.24) is 0 Å². The van der Waals surface area contributed by atoms with Crippen LogP contribution >= 0.6 is 0 Å². The van der Waals surface area contributed by atoms with Crippen LogP contribution < -0.4 is 5.73 Å². The van der Waals surface area contributed by atoms with E-state index in [1.807, 2.05) is 6.92 Å². The molecule has 0 amide bonds. The molecular formula is C11H23NO4. The zero-order valence-corrected chi connectivity index (χ0v) is 10.2. The summed E-state index contributed by atoms with van der Waals surface area (Å²) in [7, 11) is 1.61. The topological polar surface area (TPSA) is 70.8 Å². The molecule has 5 nitrogen and oxygen atoms in total. The van der Waals surface area contributed by atoms with Crippen molar-refractivity contribution in [2.45, 2.75) is 32.2 Å². The highest BCUT2D eigenvalue weighted by Crippen LogP contribution is 1.99. The maximum absolute atomic E-state index is 11.2. The molecule has 0 saturated carbocycles. The van der Waals surface area contributed by atoms with Crippen LogP contribution in [0.15, 0.2) is 0 Å². The highest BCUT2D eigenvalue weighted by atomic mass is 16.6. The van der Waals surface area contributed by atoms with Gasteiger partial charge in [-0.25, -0.2) is 0 Å². The van der Waals surface area contributed by atoms with E-state index in [2.05, 4.69) is 0 Å². The number of nitrogens with two attached hydrogens (primary N) is 1. The van der Waals surface area contributed by atoms with E-state index < -0.39 is 0 Å². The summed E-state index contributed by atoms with van der Waals surface area (Å²) in [6.45, 7) is 3.78. The normalized spacial score (nSPS) is 12.4. The summed E-state index contributed by atoms with van der Waals surface area (Å²) in [5, 5.41) is 0. The van der Waals surface area contributed by atoms with Gasteiger partial charge in [0.15, 0.2) is 0 Å². The summed E-state index contributed by atoms with van der Waals surface area (Å²) in [5.74, 6) is -0.253. The van der Waals surface area contributed by atoms with Crippen LogP contribution in [-0.2, 0) is 19.0 Å². The number of esters is 1. The number of ether oxygens (including phenoxy) is 3. The Labute approximate surface area is 97.2 Å². The summed E-state index contributed by atoms with van der Waals surface area (Å²) in [4.78, 5) is 11.2. The summed E-state index contributed by atoms with van der Waals surface area (Å²) in [6.07, 6.45) is 2.11. The van der Waals surface area contributed by atoms with Gasteiger partial charge in [-0.15, -0.1) is 0 Å². The van der Waals surface area contributed by atoms with Gasteiger partial charge in [-0.2, -0.15) is 0 Å². The Bertz CT molecular complexity index is 175. The molecule has 0 spiro atoms. The van der Waals surface area contributed by atoms with Crippen molar-refractivity contribution in [3.05, 3.63) is 0 Å². The smallest absolute Gasteiger partial charge is 0.307 e. The average molecular weight is 233 g/mol. The van der Waals surface area contributed by atoms with Crippen molar-refractivity contribution >= 4 is 5.97 Å². The third kappa shape index (κ3) is 9.89. The molecule has 0 aliphatic heterocycles. The minimum absolute atomic E-state index is 0.0908. The second-order valence-electron chi connectivity index (χ2n) is 3.58. The first kappa shape index (κ1) is 15.3. The fourth-order valence-electron chi connectivity index (χ4n) is 1.20. The second kappa shape index (κ2) is 10.9.